The van der Waals surface area contributed by atoms with Crippen molar-refractivity contribution >= 4 is 5.91 Å². The van der Waals surface area contributed by atoms with E-state index in [2.05, 4.69) is 31.0 Å². The molecule has 0 bridgehead atoms. The number of rotatable bonds is 5. The number of carbonyl (C=O) groups excluding carboxylic acids is 1. The number of hydrogen-bond acceptors (Lipinski definition) is 2. The van der Waals surface area contributed by atoms with Crippen molar-refractivity contribution in [3.63, 3.8) is 0 Å². The molecule has 104 valence electrons. The van der Waals surface area contributed by atoms with Crippen LogP contribution in [0.2, 0.25) is 0 Å². The summed E-state index contributed by atoms with van der Waals surface area (Å²) in [6, 6.07) is 0.585. The molecule has 1 aliphatic heterocycles. The minimum atomic E-state index is 0.0814. The van der Waals surface area contributed by atoms with Gasteiger partial charge in [-0.15, -0.1) is 0 Å². The largest absolute Gasteiger partial charge is 0.323 e. The molecule has 2 fully saturated rings. The lowest BCUT2D eigenvalue weighted by molar-refractivity contribution is -0.132. The summed E-state index contributed by atoms with van der Waals surface area (Å²) in [5.41, 5.74) is 0. The van der Waals surface area contributed by atoms with Crippen molar-refractivity contribution in [3.05, 3.63) is 0 Å². The maximum Gasteiger partial charge on any atom is 0.241 e. The van der Waals surface area contributed by atoms with Crippen LogP contribution in [0.4, 0.5) is 0 Å². The number of nitrogens with zero attached hydrogens (tertiary/aromatic N) is 1. The third kappa shape index (κ3) is 2.71. The average Bonchev–Trinajstić information content (AvgIpc) is 2.94. The van der Waals surface area contributed by atoms with Gasteiger partial charge in [0.1, 0.15) is 0 Å². The maximum atomic E-state index is 12.6. The number of unbranched alkanes of at least 4 members (excludes halogenated alkanes) is 1. The highest BCUT2D eigenvalue weighted by molar-refractivity contribution is 5.84. The molecule has 2 atom stereocenters. The summed E-state index contributed by atoms with van der Waals surface area (Å²) in [6.45, 7) is 6.62. The van der Waals surface area contributed by atoms with E-state index in [1.165, 1.54) is 32.1 Å². The fraction of sp³-hybridized carbons (Fsp3) is 0.933. The molecule has 3 heteroatoms. The van der Waals surface area contributed by atoms with E-state index >= 15 is 0 Å². The molecule has 0 spiro atoms. The van der Waals surface area contributed by atoms with Crippen LogP contribution in [0.15, 0.2) is 0 Å². The van der Waals surface area contributed by atoms with Crippen LogP contribution in [0.3, 0.4) is 0 Å². The Morgan fingerprint density at radius 2 is 2.00 bits per heavy atom. The van der Waals surface area contributed by atoms with Crippen LogP contribution in [0.1, 0.15) is 65.7 Å². The molecule has 2 rings (SSSR count). The van der Waals surface area contributed by atoms with Gasteiger partial charge in [0.25, 0.3) is 0 Å². The summed E-state index contributed by atoms with van der Waals surface area (Å²) < 4.78 is 0. The Morgan fingerprint density at radius 1 is 1.33 bits per heavy atom. The van der Waals surface area contributed by atoms with Crippen LogP contribution in [0.25, 0.3) is 0 Å². The first-order valence-electron chi connectivity index (χ1n) is 7.73. The van der Waals surface area contributed by atoms with Crippen molar-refractivity contribution in [2.45, 2.75) is 84.0 Å². The average molecular weight is 252 g/mol. The summed E-state index contributed by atoms with van der Waals surface area (Å²) in [4.78, 5) is 14.8. The molecule has 0 aromatic heterocycles. The molecule has 1 heterocycles. The zero-order valence-electron chi connectivity index (χ0n) is 12.1. The fourth-order valence-corrected chi connectivity index (χ4v) is 3.39. The van der Waals surface area contributed by atoms with Crippen LogP contribution in [-0.2, 0) is 4.79 Å². The highest BCUT2D eigenvalue weighted by atomic mass is 16.2. The predicted octanol–water partition coefficient (Wildman–Crippen LogP) is 2.90. The number of amides is 1. The number of carbonyl (C=O) groups is 1. The lowest BCUT2D eigenvalue weighted by Gasteiger charge is -2.32. The van der Waals surface area contributed by atoms with Gasteiger partial charge in [-0.1, -0.05) is 46.5 Å². The van der Waals surface area contributed by atoms with E-state index in [9.17, 15) is 4.79 Å². The van der Waals surface area contributed by atoms with Crippen molar-refractivity contribution in [1.29, 1.82) is 0 Å². The molecule has 1 saturated carbocycles. The Labute approximate surface area is 111 Å². The van der Waals surface area contributed by atoms with E-state index in [1.807, 2.05) is 0 Å². The van der Waals surface area contributed by atoms with E-state index in [0.29, 0.717) is 17.9 Å². The van der Waals surface area contributed by atoms with E-state index in [1.54, 1.807) is 0 Å². The van der Waals surface area contributed by atoms with Crippen molar-refractivity contribution in [3.8, 4) is 0 Å². The van der Waals surface area contributed by atoms with Crippen LogP contribution in [0.5, 0.6) is 0 Å². The lowest BCUT2D eigenvalue weighted by atomic mass is 10.1. The standard InChI is InChI=1S/C15H28N2O/c1-4-5-10-13-15(18)17(12-8-6-7-9-12)14(16-13)11(2)3/h11-14,16H,4-10H2,1-3H3. The van der Waals surface area contributed by atoms with Gasteiger partial charge in [0.2, 0.25) is 5.91 Å². The topological polar surface area (TPSA) is 32.3 Å². The molecule has 1 amide bonds. The van der Waals surface area contributed by atoms with Gasteiger partial charge < -0.3 is 4.90 Å². The van der Waals surface area contributed by atoms with Crippen molar-refractivity contribution in [2.75, 3.05) is 0 Å². The van der Waals surface area contributed by atoms with E-state index < -0.39 is 0 Å². The summed E-state index contributed by atoms with van der Waals surface area (Å²) >= 11 is 0. The zero-order valence-corrected chi connectivity index (χ0v) is 12.1. The second-order valence-electron chi connectivity index (χ2n) is 6.23. The molecular weight excluding hydrogens is 224 g/mol. The molecule has 1 aliphatic carbocycles. The Kier molecular flexibility index (Phi) is 4.66. The summed E-state index contributed by atoms with van der Waals surface area (Å²) in [5.74, 6) is 0.871. The maximum absolute atomic E-state index is 12.6. The monoisotopic (exact) mass is 252 g/mol. The van der Waals surface area contributed by atoms with E-state index in [4.69, 9.17) is 0 Å². The van der Waals surface area contributed by atoms with Gasteiger partial charge in [0, 0.05) is 6.04 Å². The van der Waals surface area contributed by atoms with E-state index in [-0.39, 0.29) is 12.2 Å². The smallest absolute Gasteiger partial charge is 0.241 e. The van der Waals surface area contributed by atoms with Gasteiger partial charge in [-0.2, -0.15) is 0 Å². The molecule has 1 N–H and O–H groups in total. The summed E-state index contributed by atoms with van der Waals surface area (Å²) in [5, 5.41) is 3.58. The van der Waals surface area contributed by atoms with Gasteiger partial charge >= 0.3 is 0 Å². The molecule has 2 unspecified atom stereocenters. The molecule has 0 radical (unpaired) electrons. The summed E-state index contributed by atoms with van der Waals surface area (Å²) in [7, 11) is 0. The van der Waals surface area contributed by atoms with Crippen LogP contribution < -0.4 is 5.32 Å². The quantitative estimate of drug-likeness (QED) is 0.816. The second kappa shape index (κ2) is 6.05. The van der Waals surface area contributed by atoms with Crippen molar-refractivity contribution in [2.24, 2.45) is 5.92 Å². The molecule has 18 heavy (non-hydrogen) atoms. The van der Waals surface area contributed by atoms with Crippen molar-refractivity contribution < 1.29 is 4.79 Å². The molecule has 2 aliphatic rings. The van der Waals surface area contributed by atoms with Crippen LogP contribution in [-0.4, -0.2) is 29.1 Å². The lowest BCUT2D eigenvalue weighted by Crippen LogP contribution is -2.46. The van der Waals surface area contributed by atoms with E-state index in [0.717, 1.165) is 12.8 Å². The highest BCUT2D eigenvalue weighted by Crippen LogP contribution is 2.31. The second-order valence-corrected chi connectivity index (χ2v) is 6.23. The molecule has 0 aromatic carbocycles. The van der Waals surface area contributed by atoms with Crippen molar-refractivity contribution in [1.82, 2.24) is 10.2 Å². The normalized spacial score (nSPS) is 29.8. The van der Waals surface area contributed by atoms with Crippen LogP contribution >= 0.6 is 0 Å². The fourth-order valence-electron chi connectivity index (χ4n) is 3.39. The minimum Gasteiger partial charge on any atom is -0.323 e. The van der Waals surface area contributed by atoms with Gasteiger partial charge in [-0.25, -0.2) is 0 Å². The predicted molar refractivity (Wildman–Crippen MR) is 74.2 cm³/mol. The Balaban J connectivity index is 2.06. The van der Waals surface area contributed by atoms with Gasteiger partial charge in [0.15, 0.2) is 0 Å². The highest BCUT2D eigenvalue weighted by Gasteiger charge is 2.43. The Bertz CT molecular complexity index is 284. The van der Waals surface area contributed by atoms with Gasteiger partial charge in [0.05, 0.1) is 12.2 Å². The zero-order chi connectivity index (χ0) is 13.1. The number of hydrogen-bond donors (Lipinski definition) is 1. The first kappa shape index (κ1) is 13.9. The first-order valence-corrected chi connectivity index (χ1v) is 7.73. The SMILES string of the molecule is CCCCC1NC(C(C)C)N(C2CCCC2)C1=O. The Morgan fingerprint density at radius 3 is 2.56 bits per heavy atom. The first-order chi connectivity index (χ1) is 8.65. The molecular formula is C15H28N2O. The van der Waals surface area contributed by atoms with Crippen LogP contribution in [0, 0.1) is 5.92 Å². The molecule has 3 nitrogen and oxygen atoms in total. The third-order valence-corrected chi connectivity index (χ3v) is 4.42. The number of nitrogens with one attached hydrogen (secondary N) is 1. The minimum absolute atomic E-state index is 0.0814. The third-order valence-electron chi connectivity index (χ3n) is 4.42. The Hall–Kier alpha value is -0.570. The van der Waals surface area contributed by atoms with Gasteiger partial charge in [-0.05, 0) is 25.2 Å². The molecule has 1 saturated heterocycles. The molecule has 0 aromatic rings. The summed E-state index contributed by atoms with van der Waals surface area (Å²) in [6.07, 6.45) is 8.57. The van der Waals surface area contributed by atoms with Gasteiger partial charge in [-0.3, -0.25) is 10.1 Å².